The predicted molar refractivity (Wildman–Crippen MR) is 37.1 cm³/mol. The molecule has 0 aromatic rings. The standard InChI is InChI=1S/C5H9NOS.H2/c7-5-1-3-8-4-2-6-5;/h1-4H2,(H,6,7);1H. The molecule has 0 atom stereocenters. The zero-order chi connectivity index (χ0) is 5.82. The van der Waals surface area contributed by atoms with Crippen LogP contribution in [0.15, 0.2) is 0 Å². The molecule has 0 aliphatic carbocycles. The van der Waals surface area contributed by atoms with Gasteiger partial charge in [0.25, 0.3) is 0 Å². The highest BCUT2D eigenvalue weighted by Gasteiger charge is 2.03. The summed E-state index contributed by atoms with van der Waals surface area (Å²) >= 11 is 1.84. The highest BCUT2D eigenvalue weighted by molar-refractivity contribution is 7.99. The van der Waals surface area contributed by atoms with Crippen molar-refractivity contribution in [2.24, 2.45) is 0 Å². The van der Waals surface area contributed by atoms with E-state index >= 15 is 0 Å². The van der Waals surface area contributed by atoms with E-state index in [0.29, 0.717) is 6.42 Å². The molecule has 2 nitrogen and oxygen atoms in total. The van der Waals surface area contributed by atoms with Gasteiger partial charge in [-0.05, 0) is 0 Å². The second-order valence-electron chi connectivity index (χ2n) is 1.71. The van der Waals surface area contributed by atoms with Gasteiger partial charge in [-0.1, -0.05) is 0 Å². The molecule has 0 radical (unpaired) electrons. The molecule has 1 fully saturated rings. The lowest BCUT2D eigenvalue weighted by atomic mass is 10.4. The number of hydrogen-bond acceptors (Lipinski definition) is 2. The van der Waals surface area contributed by atoms with Crippen molar-refractivity contribution >= 4 is 17.7 Å². The van der Waals surface area contributed by atoms with Crippen molar-refractivity contribution in [3.63, 3.8) is 0 Å². The monoisotopic (exact) mass is 133 g/mol. The zero-order valence-corrected chi connectivity index (χ0v) is 5.46. The van der Waals surface area contributed by atoms with Gasteiger partial charge >= 0.3 is 0 Å². The molecule has 0 aromatic heterocycles. The molecule has 1 N–H and O–H groups in total. The number of rotatable bonds is 0. The number of nitrogens with one attached hydrogen (secondary N) is 1. The van der Waals surface area contributed by atoms with E-state index in [4.69, 9.17) is 0 Å². The average Bonchev–Trinajstić information content (AvgIpc) is 1.94. The van der Waals surface area contributed by atoms with Crippen molar-refractivity contribution in [1.29, 1.82) is 0 Å². The molecule has 1 amide bonds. The Bertz CT molecular complexity index is 89.0. The van der Waals surface area contributed by atoms with E-state index < -0.39 is 0 Å². The minimum atomic E-state index is 0. The van der Waals surface area contributed by atoms with E-state index in [0.717, 1.165) is 18.1 Å². The number of hydrogen-bond donors (Lipinski definition) is 1. The van der Waals surface area contributed by atoms with Crippen molar-refractivity contribution < 1.29 is 6.22 Å². The van der Waals surface area contributed by atoms with Gasteiger partial charge in [0.2, 0.25) is 5.91 Å². The fraction of sp³-hybridized carbons (Fsp3) is 0.800. The number of amides is 1. The van der Waals surface area contributed by atoms with Crippen LogP contribution in [-0.2, 0) is 4.79 Å². The van der Waals surface area contributed by atoms with Gasteiger partial charge in [-0.2, -0.15) is 11.8 Å². The van der Waals surface area contributed by atoms with Crippen molar-refractivity contribution in [1.82, 2.24) is 5.32 Å². The van der Waals surface area contributed by atoms with Crippen LogP contribution in [0.5, 0.6) is 0 Å². The maximum atomic E-state index is 10.6. The molecule has 1 aliphatic rings. The molecule has 0 spiro atoms. The molecule has 0 bridgehead atoms. The van der Waals surface area contributed by atoms with Crippen LogP contribution in [-0.4, -0.2) is 24.0 Å². The highest BCUT2D eigenvalue weighted by atomic mass is 32.2. The van der Waals surface area contributed by atoms with Gasteiger partial charge in [-0.15, -0.1) is 0 Å². The van der Waals surface area contributed by atoms with Gasteiger partial charge in [0.1, 0.15) is 0 Å². The number of carbonyl (C=O) groups is 1. The van der Waals surface area contributed by atoms with Crippen LogP contribution in [0.2, 0.25) is 0 Å². The molecule has 1 aliphatic heterocycles. The summed E-state index contributed by atoms with van der Waals surface area (Å²) < 4.78 is 0. The first kappa shape index (κ1) is 5.95. The summed E-state index contributed by atoms with van der Waals surface area (Å²) in [6.07, 6.45) is 0.699. The number of thioether (sulfide) groups is 1. The van der Waals surface area contributed by atoms with Crippen molar-refractivity contribution in [3.8, 4) is 0 Å². The summed E-state index contributed by atoms with van der Waals surface area (Å²) in [6.45, 7) is 0.851. The van der Waals surface area contributed by atoms with Crippen LogP contribution in [0.4, 0.5) is 0 Å². The Kier molecular flexibility index (Phi) is 2.21. The summed E-state index contributed by atoms with van der Waals surface area (Å²) in [6, 6.07) is 0. The predicted octanol–water partition coefficient (Wildman–Crippen LogP) is 0.486. The first-order chi connectivity index (χ1) is 3.89. The Labute approximate surface area is 54.5 Å². The minimum absolute atomic E-state index is 0. The molecule has 1 saturated heterocycles. The Hall–Kier alpha value is -0.180. The second kappa shape index (κ2) is 2.97. The van der Waals surface area contributed by atoms with E-state index in [2.05, 4.69) is 5.32 Å². The quantitative estimate of drug-likeness (QED) is 0.521. The van der Waals surface area contributed by atoms with Gasteiger partial charge in [-0.3, -0.25) is 4.79 Å². The molecular weight excluding hydrogens is 122 g/mol. The van der Waals surface area contributed by atoms with Crippen molar-refractivity contribution in [2.45, 2.75) is 6.42 Å². The van der Waals surface area contributed by atoms with E-state index in [1.807, 2.05) is 11.8 Å². The summed E-state index contributed by atoms with van der Waals surface area (Å²) in [4.78, 5) is 10.6. The summed E-state index contributed by atoms with van der Waals surface area (Å²) in [7, 11) is 0. The molecule has 48 valence electrons. The van der Waals surface area contributed by atoms with Gasteiger partial charge in [0.15, 0.2) is 0 Å². The Morgan fingerprint density at radius 2 is 2.50 bits per heavy atom. The van der Waals surface area contributed by atoms with E-state index in [1.54, 1.807) is 0 Å². The van der Waals surface area contributed by atoms with E-state index in [9.17, 15) is 4.79 Å². The molecule has 0 unspecified atom stereocenters. The van der Waals surface area contributed by atoms with Gasteiger partial charge in [0, 0.05) is 25.9 Å². The summed E-state index contributed by atoms with van der Waals surface area (Å²) in [5.74, 6) is 2.27. The summed E-state index contributed by atoms with van der Waals surface area (Å²) in [5, 5.41) is 2.78. The van der Waals surface area contributed by atoms with Crippen LogP contribution >= 0.6 is 11.8 Å². The third-order valence-electron chi connectivity index (χ3n) is 1.04. The van der Waals surface area contributed by atoms with Gasteiger partial charge < -0.3 is 5.32 Å². The first-order valence-electron chi connectivity index (χ1n) is 2.74. The first-order valence-corrected chi connectivity index (χ1v) is 3.89. The fourth-order valence-electron chi connectivity index (χ4n) is 0.618. The molecule has 3 heteroatoms. The second-order valence-corrected chi connectivity index (χ2v) is 2.94. The van der Waals surface area contributed by atoms with Crippen molar-refractivity contribution in [3.05, 3.63) is 0 Å². The lowest BCUT2D eigenvalue weighted by molar-refractivity contribution is -0.120. The lowest BCUT2D eigenvalue weighted by Crippen LogP contribution is -2.22. The minimum Gasteiger partial charge on any atom is -0.355 e. The molecular formula is C5H11NOS. The van der Waals surface area contributed by atoms with Gasteiger partial charge in [0.05, 0.1) is 0 Å². The Morgan fingerprint density at radius 1 is 1.62 bits per heavy atom. The Morgan fingerprint density at radius 3 is 3.38 bits per heavy atom. The third-order valence-corrected chi connectivity index (χ3v) is 2.03. The highest BCUT2D eigenvalue weighted by Crippen LogP contribution is 2.03. The van der Waals surface area contributed by atoms with Crippen LogP contribution in [0.25, 0.3) is 0 Å². The van der Waals surface area contributed by atoms with E-state index in [1.165, 1.54) is 0 Å². The maximum absolute atomic E-state index is 10.6. The van der Waals surface area contributed by atoms with Crippen LogP contribution in [0.1, 0.15) is 7.85 Å². The topological polar surface area (TPSA) is 29.1 Å². The number of carbonyl (C=O) groups excluding carboxylic acids is 1. The fourth-order valence-corrected chi connectivity index (χ4v) is 1.40. The zero-order valence-electron chi connectivity index (χ0n) is 4.64. The lowest BCUT2D eigenvalue weighted by Gasteiger charge is -1.93. The largest absolute Gasteiger partial charge is 0.355 e. The SMILES string of the molecule is O=C1CCSCCN1.[HH]. The van der Waals surface area contributed by atoms with E-state index in [-0.39, 0.29) is 7.33 Å². The van der Waals surface area contributed by atoms with Crippen LogP contribution in [0.3, 0.4) is 0 Å². The summed E-state index contributed by atoms with van der Waals surface area (Å²) in [5.41, 5.74) is 0. The van der Waals surface area contributed by atoms with Crippen LogP contribution in [0, 0.1) is 0 Å². The third kappa shape index (κ3) is 1.74. The smallest absolute Gasteiger partial charge is 0.220 e. The molecule has 8 heavy (non-hydrogen) atoms. The maximum Gasteiger partial charge on any atom is 0.220 e. The average molecular weight is 133 g/mol. The molecule has 0 aromatic carbocycles. The molecule has 1 rings (SSSR count). The van der Waals surface area contributed by atoms with Crippen molar-refractivity contribution in [2.75, 3.05) is 18.1 Å². The normalized spacial score (nSPS) is 21.8. The molecule has 0 saturated carbocycles. The Balaban J connectivity index is 0.000000640. The van der Waals surface area contributed by atoms with Gasteiger partial charge in [-0.25, -0.2) is 0 Å². The molecule has 1 heterocycles. The van der Waals surface area contributed by atoms with Crippen LogP contribution < -0.4 is 5.32 Å².